The lowest BCUT2D eigenvalue weighted by atomic mass is 9.97. The van der Waals surface area contributed by atoms with Crippen LogP contribution in [-0.4, -0.2) is 40.1 Å². The van der Waals surface area contributed by atoms with Gasteiger partial charge in [0, 0.05) is 25.8 Å². The normalized spacial score (nSPS) is 15.7. The fraction of sp³-hybridized carbons (Fsp3) is 0.450. The van der Waals surface area contributed by atoms with Crippen molar-refractivity contribution in [3.8, 4) is 5.75 Å². The van der Waals surface area contributed by atoms with Gasteiger partial charge in [-0.2, -0.15) is 0 Å². The first-order chi connectivity index (χ1) is 12.9. The molecule has 2 heterocycles. The Balaban J connectivity index is 1.61. The molecule has 0 aliphatic carbocycles. The Morgan fingerprint density at radius 3 is 2.56 bits per heavy atom. The number of nitrogens with zero attached hydrogens (tertiary/aromatic N) is 2. The van der Waals surface area contributed by atoms with E-state index in [1.165, 1.54) is 7.11 Å². The highest BCUT2D eigenvalue weighted by Crippen LogP contribution is 2.28. The second-order valence-corrected chi connectivity index (χ2v) is 8.82. The second kappa shape index (κ2) is 8.27. The molecule has 0 spiro atoms. The van der Waals surface area contributed by atoms with Crippen molar-refractivity contribution in [2.24, 2.45) is 5.92 Å². The summed E-state index contributed by atoms with van der Waals surface area (Å²) in [6.45, 7) is 6.11. The van der Waals surface area contributed by atoms with Crippen molar-refractivity contribution in [1.29, 1.82) is 0 Å². The van der Waals surface area contributed by atoms with Gasteiger partial charge in [-0.25, -0.2) is 13.1 Å². The Morgan fingerprint density at radius 1 is 1.22 bits per heavy atom. The zero-order valence-electron chi connectivity index (χ0n) is 16.1. The molecule has 1 aromatic heterocycles. The van der Waals surface area contributed by atoms with Crippen LogP contribution >= 0.6 is 0 Å². The number of anilines is 1. The molecule has 1 aliphatic heterocycles. The molecule has 1 fully saturated rings. The molecule has 0 saturated carbocycles. The Hall–Kier alpha value is -2.12. The predicted molar refractivity (Wildman–Crippen MR) is 107 cm³/mol. The molecule has 1 N–H and O–H groups in total. The average Bonchev–Trinajstić information content (AvgIpc) is 2.69. The van der Waals surface area contributed by atoms with Crippen molar-refractivity contribution in [3.05, 3.63) is 47.8 Å². The van der Waals surface area contributed by atoms with Crippen molar-refractivity contribution in [2.45, 2.75) is 31.6 Å². The van der Waals surface area contributed by atoms with Crippen LogP contribution in [0.25, 0.3) is 0 Å². The van der Waals surface area contributed by atoms with Crippen molar-refractivity contribution in [3.63, 3.8) is 0 Å². The van der Waals surface area contributed by atoms with Crippen LogP contribution in [0, 0.1) is 19.8 Å². The molecule has 0 radical (unpaired) electrons. The molecular weight excluding hydrogens is 362 g/mol. The van der Waals surface area contributed by atoms with Crippen molar-refractivity contribution >= 4 is 15.7 Å². The molecule has 0 amide bonds. The number of methoxy groups -OCH3 is 1. The van der Waals surface area contributed by atoms with Crippen molar-refractivity contribution in [2.75, 3.05) is 31.6 Å². The second-order valence-electron chi connectivity index (χ2n) is 7.08. The van der Waals surface area contributed by atoms with Gasteiger partial charge in [-0.1, -0.05) is 0 Å². The van der Waals surface area contributed by atoms with Crippen LogP contribution < -0.4 is 14.4 Å². The molecule has 1 aliphatic rings. The molecule has 0 bridgehead atoms. The first kappa shape index (κ1) is 19.6. The van der Waals surface area contributed by atoms with Gasteiger partial charge in [-0.05, 0) is 68.0 Å². The van der Waals surface area contributed by atoms with E-state index in [2.05, 4.69) is 20.7 Å². The zero-order valence-corrected chi connectivity index (χ0v) is 16.9. The lowest BCUT2D eigenvalue weighted by Crippen LogP contribution is -2.38. The first-order valence-corrected chi connectivity index (χ1v) is 10.7. The van der Waals surface area contributed by atoms with Crippen LogP contribution in [0.15, 0.2) is 41.6 Å². The number of hydrogen-bond donors (Lipinski definition) is 1. The molecule has 1 aromatic carbocycles. The number of ether oxygens (including phenoxy) is 1. The average molecular weight is 390 g/mol. The van der Waals surface area contributed by atoms with Gasteiger partial charge in [0.1, 0.15) is 10.6 Å². The monoisotopic (exact) mass is 389 g/mol. The van der Waals surface area contributed by atoms with Gasteiger partial charge in [-0.15, -0.1) is 0 Å². The van der Waals surface area contributed by atoms with Gasteiger partial charge in [0.25, 0.3) is 0 Å². The van der Waals surface area contributed by atoms with Crippen LogP contribution in [-0.2, 0) is 10.0 Å². The summed E-state index contributed by atoms with van der Waals surface area (Å²) < 4.78 is 33.7. The maximum absolute atomic E-state index is 12.8. The number of aromatic nitrogens is 1. The largest absolute Gasteiger partial charge is 0.495 e. The topological polar surface area (TPSA) is 71.5 Å². The van der Waals surface area contributed by atoms with Crippen LogP contribution in [0.4, 0.5) is 5.69 Å². The summed E-state index contributed by atoms with van der Waals surface area (Å²) in [7, 11) is -2.11. The number of nitrogens with one attached hydrogen (secondary N) is 1. The summed E-state index contributed by atoms with van der Waals surface area (Å²) >= 11 is 0. The lowest BCUT2D eigenvalue weighted by molar-refractivity contribution is 0.395. The van der Waals surface area contributed by atoms with Gasteiger partial charge in [0.2, 0.25) is 10.0 Å². The summed E-state index contributed by atoms with van der Waals surface area (Å²) in [6.07, 6.45) is 5.53. The molecule has 3 rings (SSSR count). The van der Waals surface area contributed by atoms with E-state index in [9.17, 15) is 8.42 Å². The van der Waals surface area contributed by atoms with Crippen molar-refractivity contribution in [1.82, 2.24) is 9.71 Å². The maximum Gasteiger partial charge on any atom is 0.244 e. The third-order valence-electron chi connectivity index (χ3n) is 5.26. The van der Waals surface area contributed by atoms with E-state index < -0.39 is 10.0 Å². The summed E-state index contributed by atoms with van der Waals surface area (Å²) in [5.41, 5.74) is 3.06. The van der Waals surface area contributed by atoms with Gasteiger partial charge in [0.15, 0.2) is 0 Å². The SMILES string of the molecule is COc1cc(C)c(C)cc1S(=O)(=O)NCC1CCN(c2cccnc2)CC1. The molecule has 1 saturated heterocycles. The highest BCUT2D eigenvalue weighted by atomic mass is 32.2. The minimum absolute atomic E-state index is 0.209. The van der Waals surface area contributed by atoms with E-state index in [-0.39, 0.29) is 4.90 Å². The van der Waals surface area contributed by atoms with Gasteiger partial charge in [-0.3, -0.25) is 4.98 Å². The van der Waals surface area contributed by atoms with Crippen LogP contribution in [0.3, 0.4) is 0 Å². The smallest absolute Gasteiger partial charge is 0.244 e. The first-order valence-electron chi connectivity index (χ1n) is 9.20. The quantitative estimate of drug-likeness (QED) is 0.822. The minimum Gasteiger partial charge on any atom is -0.495 e. The number of aryl methyl sites for hydroxylation is 2. The third-order valence-corrected chi connectivity index (χ3v) is 6.70. The predicted octanol–water partition coefficient (Wildman–Crippen LogP) is 2.90. The molecule has 146 valence electrons. The van der Waals surface area contributed by atoms with Crippen LogP contribution in [0.5, 0.6) is 5.75 Å². The molecule has 0 unspecified atom stereocenters. The van der Waals surface area contributed by atoms with Gasteiger partial charge >= 0.3 is 0 Å². The Kier molecular flexibility index (Phi) is 6.01. The number of rotatable bonds is 6. The number of piperidine rings is 1. The molecule has 27 heavy (non-hydrogen) atoms. The summed E-state index contributed by atoms with van der Waals surface area (Å²) in [6, 6.07) is 7.45. The summed E-state index contributed by atoms with van der Waals surface area (Å²) in [5.74, 6) is 0.710. The van der Waals surface area contributed by atoms with Crippen LogP contribution in [0.2, 0.25) is 0 Å². The van der Waals surface area contributed by atoms with E-state index in [1.54, 1.807) is 18.3 Å². The Morgan fingerprint density at radius 2 is 1.93 bits per heavy atom. The molecular formula is C20H27N3O3S. The van der Waals surface area contributed by atoms with Gasteiger partial charge < -0.3 is 9.64 Å². The van der Waals surface area contributed by atoms with E-state index in [0.717, 1.165) is 42.7 Å². The molecule has 6 nitrogen and oxygen atoms in total. The van der Waals surface area contributed by atoms with Crippen LogP contribution in [0.1, 0.15) is 24.0 Å². The fourth-order valence-corrected chi connectivity index (χ4v) is 4.72. The lowest BCUT2D eigenvalue weighted by Gasteiger charge is -2.33. The van der Waals surface area contributed by atoms with E-state index in [4.69, 9.17) is 4.74 Å². The minimum atomic E-state index is -3.61. The number of hydrogen-bond acceptors (Lipinski definition) is 5. The Labute approximate surface area is 161 Å². The van der Waals surface area contributed by atoms with E-state index in [0.29, 0.717) is 18.2 Å². The van der Waals surface area contributed by atoms with Gasteiger partial charge in [0.05, 0.1) is 19.0 Å². The maximum atomic E-state index is 12.8. The Bertz CT molecular complexity index is 877. The standard InChI is InChI=1S/C20H27N3O3S/c1-15-11-19(26-3)20(12-16(15)2)27(24,25)22-13-17-6-9-23(10-7-17)18-5-4-8-21-14-18/h4-5,8,11-12,14,17,22H,6-7,9-10,13H2,1-3H3. The number of pyridine rings is 1. The number of benzene rings is 1. The molecule has 2 aromatic rings. The fourth-order valence-electron chi connectivity index (χ4n) is 3.37. The highest BCUT2D eigenvalue weighted by Gasteiger charge is 2.24. The molecule has 7 heteroatoms. The molecule has 0 atom stereocenters. The van der Waals surface area contributed by atoms with Crippen molar-refractivity contribution < 1.29 is 13.2 Å². The highest BCUT2D eigenvalue weighted by molar-refractivity contribution is 7.89. The zero-order chi connectivity index (χ0) is 19.4. The summed E-state index contributed by atoms with van der Waals surface area (Å²) in [5, 5.41) is 0. The van der Waals surface area contributed by atoms with E-state index >= 15 is 0 Å². The summed E-state index contributed by atoms with van der Waals surface area (Å²) in [4.78, 5) is 6.67. The third kappa shape index (κ3) is 4.59. The number of sulfonamides is 1. The van der Waals surface area contributed by atoms with E-state index in [1.807, 2.05) is 26.1 Å².